The summed E-state index contributed by atoms with van der Waals surface area (Å²) >= 11 is 0. The fourth-order valence-corrected chi connectivity index (χ4v) is 1.81. The molecule has 0 aromatic heterocycles. The summed E-state index contributed by atoms with van der Waals surface area (Å²) in [6, 6.07) is 0. The number of aliphatic hydroxyl groups excluding tert-OH is 1. The summed E-state index contributed by atoms with van der Waals surface area (Å²) in [6.45, 7) is 3.75. The number of esters is 1. The normalized spacial score (nSPS) is 25.1. The Labute approximate surface area is 96.5 Å². The van der Waals surface area contributed by atoms with Gasteiger partial charge in [-0.1, -0.05) is 12.8 Å². The second-order valence-electron chi connectivity index (χ2n) is 4.12. The topological polar surface area (TPSA) is 46.5 Å². The Balaban J connectivity index is 2.62. The van der Waals surface area contributed by atoms with E-state index in [0.29, 0.717) is 19.3 Å². The van der Waals surface area contributed by atoms with Crippen molar-refractivity contribution < 1.29 is 14.6 Å². The van der Waals surface area contributed by atoms with E-state index in [2.05, 4.69) is 5.92 Å². The van der Waals surface area contributed by atoms with Gasteiger partial charge < -0.3 is 9.84 Å². The van der Waals surface area contributed by atoms with Crippen LogP contribution in [-0.2, 0) is 9.53 Å². The van der Waals surface area contributed by atoms with E-state index in [0.717, 1.165) is 17.6 Å². The Morgan fingerprint density at radius 2 is 2.38 bits per heavy atom. The predicted molar refractivity (Wildman–Crippen MR) is 61.6 cm³/mol. The number of aliphatic hydroxyl groups is 1. The van der Waals surface area contributed by atoms with E-state index in [1.54, 1.807) is 0 Å². The number of hydrogen-bond donors (Lipinski definition) is 1. The molecule has 1 rings (SSSR count). The number of terminal acetylenes is 1. The van der Waals surface area contributed by atoms with Crippen LogP contribution in [0.3, 0.4) is 0 Å². The second kappa shape index (κ2) is 5.72. The maximum atomic E-state index is 11.3. The highest BCUT2D eigenvalue weighted by atomic mass is 16.5. The lowest BCUT2D eigenvalue weighted by molar-refractivity contribution is -0.150. The van der Waals surface area contributed by atoms with E-state index in [1.807, 2.05) is 13.8 Å². The first-order valence-electron chi connectivity index (χ1n) is 5.62. The first kappa shape index (κ1) is 12.8. The van der Waals surface area contributed by atoms with E-state index in [1.165, 1.54) is 0 Å². The Morgan fingerprint density at radius 3 is 2.94 bits per heavy atom. The fraction of sp³-hybridized carbons (Fsp3) is 0.615. The van der Waals surface area contributed by atoms with Crippen molar-refractivity contribution in [1.29, 1.82) is 0 Å². The van der Waals surface area contributed by atoms with Gasteiger partial charge in [-0.05, 0) is 18.9 Å². The molecule has 1 aliphatic carbocycles. The molecule has 1 aliphatic rings. The van der Waals surface area contributed by atoms with Crippen molar-refractivity contribution in [3.8, 4) is 12.3 Å². The third kappa shape index (κ3) is 3.11. The number of ether oxygens (including phenoxy) is 1. The van der Waals surface area contributed by atoms with Gasteiger partial charge in [0.15, 0.2) is 0 Å². The van der Waals surface area contributed by atoms with Gasteiger partial charge in [0.25, 0.3) is 0 Å². The van der Waals surface area contributed by atoms with Gasteiger partial charge in [0.05, 0.1) is 6.10 Å². The molecule has 3 nitrogen and oxygen atoms in total. The van der Waals surface area contributed by atoms with Crippen LogP contribution in [0.25, 0.3) is 0 Å². The zero-order chi connectivity index (χ0) is 12.1. The lowest BCUT2D eigenvalue weighted by atomic mass is 9.89. The summed E-state index contributed by atoms with van der Waals surface area (Å²) in [5.74, 6) is 2.34. The van der Waals surface area contributed by atoms with Crippen LogP contribution in [0.5, 0.6) is 0 Å². The van der Waals surface area contributed by atoms with Gasteiger partial charge in [-0.3, -0.25) is 4.79 Å². The van der Waals surface area contributed by atoms with E-state index in [4.69, 9.17) is 11.2 Å². The van der Waals surface area contributed by atoms with Crippen molar-refractivity contribution in [1.82, 2.24) is 0 Å². The van der Waals surface area contributed by atoms with E-state index < -0.39 is 6.10 Å². The maximum Gasteiger partial charge on any atom is 0.306 e. The molecular formula is C13H18O3. The maximum absolute atomic E-state index is 11.3. The lowest BCUT2D eigenvalue weighted by Gasteiger charge is -2.27. The number of rotatable bonds is 3. The van der Waals surface area contributed by atoms with Crippen molar-refractivity contribution in [3.63, 3.8) is 0 Å². The van der Waals surface area contributed by atoms with Gasteiger partial charge in [0, 0.05) is 24.8 Å². The van der Waals surface area contributed by atoms with Crippen LogP contribution in [-0.4, -0.2) is 23.3 Å². The number of carbonyl (C=O) groups is 1. The molecule has 0 saturated heterocycles. The van der Waals surface area contributed by atoms with Crippen LogP contribution in [0, 0.1) is 12.3 Å². The third-order valence-electron chi connectivity index (χ3n) is 2.82. The van der Waals surface area contributed by atoms with Crippen molar-refractivity contribution >= 4 is 5.97 Å². The van der Waals surface area contributed by atoms with E-state index in [9.17, 15) is 9.90 Å². The molecule has 0 radical (unpaired) electrons. The van der Waals surface area contributed by atoms with Crippen LogP contribution in [0.15, 0.2) is 11.1 Å². The highest BCUT2D eigenvalue weighted by Crippen LogP contribution is 2.27. The largest absolute Gasteiger partial charge is 0.462 e. The molecule has 16 heavy (non-hydrogen) atoms. The van der Waals surface area contributed by atoms with Gasteiger partial charge in [-0.15, -0.1) is 6.42 Å². The average molecular weight is 222 g/mol. The Morgan fingerprint density at radius 1 is 1.69 bits per heavy atom. The van der Waals surface area contributed by atoms with Crippen molar-refractivity contribution in [2.24, 2.45) is 0 Å². The standard InChI is InChI=1S/C13H18O3/c1-4-6-13(15)16-11-7-10(5-2)9(3)12(14)8-11/h2,11-12,14H,4,6-8H2,1,3H3/t11-,12-/m1/s1. The average Bonchev–Trinajstić information content (AvgIpc) is 2.23. The number of hydrogen-bond acceptors (Lipinski definition) is 3. The zero-order valence-corrected chi connectivity index (χ0v) is 9.82. The number of carbonyl (C=O) groups excluding carboxylic acids is 1. The van der Waals surface area contributed by atoms with Crippen molar-refractivity contribution in [3.05, 3.63) is 11.1 Å². The second-order valence-corrected chi connectivity index (χ2v) is 4.12. The lowest BCUT2D eigenvalue weighted by Crippen LogP contribution is -2.29. The molecule has 2 atom stereocenters. The molecule has 1 N–H and O–H groups in total. The minimum absolute atomic E-state index is 0.212. The summed E-state index contributed by atoms with van der Waals surface area (Å²) in [6.07, 6.45) is 6.68. The van der Waals surface area contributed by atoms with Crippen LogP contribution >= 0.6 is 0 Å². The Bertz CT molecular complexity index is 336. The smallest absolute Gasteiger partial charge is 0.306 e. The molecular weight excluding hydrogens is 204 g/mol. The molecule has 0 aromatic rings. The first-order chi connectivity index (χ1) is 7.58. The molecule has 0 bridgehead atoms. The molecule has 88 valence electrons. The molecule has 0 spiro atoms. The van der Waals surface area contributed by atoms with Gasteiger partial charge in [-0.2, -0.15) is 0 Å². The van der Waals surface area contributed by atoms with Gasteiger partial charge in [0.2, 0.25) is 0 Å². The summed E-state index contributed by atoms with van der Waals surface area (Å²) in [7, 11) is 0. The SMILES string of the molecule is C#CC1=C(C)[C@H](O)C[C@H](OC(=O)CCC)C1. The first-order valence-corrected chi connectivity index (χ1v) is 5.62. The summed E-state index contributed by atoms with van der Waals surface area (Å²) in [5.41, 5.74) is 1.58. The Kier molecular flexibility index (Phi) is 4.57. The Hall–Kier alpha value is -1.27. The van der Waals surface area contributed by atoms with Gasteiger partial charge in [0.1, 0.15) is 6.10 Å². The fourth-order valence-electron chi connectivity index (χ4n) is 1.81. The molecule has 0 amide bonds. The van der Waals surface area contributed by atoms with Gasteiger partial charge in [-0.25, -0.2) is 0 Å². The minimum Gasteiger partial charge on any atom is -0.462 e. The summed E-state index contributed by atoms with van der Waals surface area (Å²) in [4.78, 5) is 11.3. The predicted octanol–water partition coefficient (Wildman–Crippen LogP) is 1.80. The molecule has 0 heterocycles. The third-order valence-corrected chi connectivity index (χ3v) is 2.82. The van der Waals surface area contributed by atoms with Gasteiger partial charge >= 0.3 is 5.97 Å². The quantitative estimate of drug-likeness (QED) is 0.585. The molecule has 0 unspecified atom stereocenters. The highest BCUT2D eigenvalue weighted by molar-refractivity contribution is 5.69. The molecule has 3 heteroatoms. The monoisotopic (exact) mass is 222 g/mol. The summed E-state index contributed by atoms with van der Waals surface area (Å²) < 4.78 is 5.25. The molecule has 0 saturated carbocycles. The van der Waals surface area contributed by atoms with Crippen LogP contribution < -0.4 is 0 Å². The van der Waals surface area contributed by atoms with Crippen LogP contribution in [0.1, 0.15) is 39.5 Å². The van der Waals surface area contributed by atoms with Crippen molar-refractivity contribution in [2.75, 3.05) is 0 Å². The molecule has 0 aliphatic heterocycles. The van der Waals surface area contributed by atoms with E-state index >= 15 is 0 Å². The zero-order valence-electron chi connectivity index (χ0n) is 9.82. The van der Waals surface area contributed by atoms with E-state index in [-0.39, 0.29) is 12.1 Å². The highest BCUT2D eigenvalue weighted by Gasteiger charge is 2.27. The molecule has 0 aromatic carbocycles. The van der Waals surface area contributed by atoms with Crippen LogP contribution in [0.2, 0.25) is 0 Å². The summed E-state index contributed by atoms with van der Waals surface area (Å²) in [5, 5.41) is 9.75. The minimum atomic E-state index is -0.584. The molecule has 0 fully saturated rings. The van der Waals surface area contributed by atoms with Crippen LogP contribution in [0.4, 0.5) is 0 Å². The van der Waals surface area contributed by atoms with Crippen molar-refractivity contribution in [2.45, 2.75) is 51.7 Å².